The molecule has 0 aliphatic carbocycles. The third-order valence-corrected chi connectivity index (χ3v) is 2.90. The normalized spacial score (nSPS) is 14.9. The Morgan fingerprint density at radius 3 is 2.50 bits per heavy atom. The highest BCUT2D eigenvalue weighted by Gasteiger charge is 2.24. The van der Waals surface area contributed by atoms with Crippen LogP contribution >= 0.6 is 8.03 Å². The summed E-state index contributed by atoms with van der Waals surface area (Å²) in [6, 6.07) is 0. The first-order valence-corrected chi connectivity index (χ1v) is 5.06. The zero-order valence-corrected chi connectivity index (χ0v) is 7.86. The average molecular weight is 163 g/mol. The van der Waals surface area contributed by atoms with Crippen molar-refractivity contribution in [2.24, 2.45) is 0 Å². The number of hydrogen-bond donors (Lipinski definition) is 0. The summed E-state index contributed by atoms with van der Waals surface area (Å²) >= 11 is 0. The number of rotatable bonds is 5. The molecule has 0 radical (unpaired) electrons. The topological polar surface area (TPSA) is 26.3 Å². The van der Waals surface area contributed by atoms with Gasteiger partial charge in [-0.05, 0) is 24.3 Å². The Morgan fingerprint density at radius 1 is 1.50 bits per heavy atom. The van der Waals surface area contributed by atoms with Gasteiger partial charge in [-0.3, -0.25) is 0 Å². The molecule has 0 spiro atoms. The molecule has 0 rings (SSSR count). The van der Waals surface area contributed by atoms with Crippen LogP contribution in [0.25, 0.3) is 0 Å². The lowest BCUT2D eigenvalue weighted by Gasteiger charge is -1.92. The quantitative estimate of drug-likeness (QED) is 0.582. The lowest BCUT2D eigenvalue weighted by atomic mass is 10.4. The molecule has 0 fully saturated rings. The third kappa shape index (κ3) is 3.97. The predicted molar refractivity (Wildman–Crippen MR) is 43.6 cm³/mol. The first-order chi connectivity index (χ1) is 4.72. The summed E-state index contributed by atoms with van der Waals surface area (Å²) in [5.74, 6) is 0. The van der Waals surface area contributed by atoms with Crippen LogP contribution in [0.4, 0.5) is 0 Å². The minimum Gasteiger partial charge on any atom is -0.146 e. The zero-order valence-electron chi connectivity index (χ0n) is 6.96. The van der Waals surface area contributed by atoms with E-state index < -0.39 is 8.03 Å². The molecule has 0 aromatic rings. The molecule has 0 aromatic carbocycles. The van der Waals surface area contributed by atoms with E-state index in [2.05, 4.69) is 0 Å². The minimum atomic E-state index is -1.40. The highest BCUT2D eigenvalue weighted by atomic mass is 31.1. The molecule has 0 aliphatic heterocycles. The Hall–Kier alpha value is 0.0600. The van der Waals surface area contributed by atoms with Crippen LogP contribution in [0.3, 0.4) is 0 Å². The summed E-state index contributed by atoms with van der Waals surface area (Å²) in [4.78, 5) is 0. The molecule has 2 atom stereocenters. The van der Waals surface area contributed by atoms with Gasteiger partial charge < -0.3 is 0 Å². The summed E-state index contributed by atoms with van der Waals surface area (Å²) < 4.78 is 16.1. The van der Waals surface area contributed by atoms with E-state index in [0.29, 0.717) is 6.61 Å². The van der Waals surface area contributed by atoms with Crippen LogP contribution < -0.4 is 0 Å². The fourth-order valence-corrected chi connectivity index (χ4v) is 1.37. The minimum absolute atomic E-state index is 0.210. The summed E-state index contributed by atoms with van der Waals surface area (Å²) in [6.07, 6.45) is 1.87. The fraction of sp³-hybridized carbons (Fsp3) is 1.00. The van der Waals surface area contributed by atoms with Crippen molar-refractivity contribution in [3.05, 3.63) is 0 Å². The van der Waals surface area contributed by atoms with E-state index in [9.17, 15) is 4.57 Å². The molecule has 0 N–H and O–H groups in total. The fourth-order valence-electron chi connectivity index (χ4n) is 0.458. The van der Waals surface area contributed by atoms with Crippen molar-refractivity contribution >= 4 is 8.03 Å². The second-order valence-electron chi connectivity index (χ2n) is 2.38. The molecule has 0 bridgehead atoms. The van der Waals surface area contributed by atoms with Gasteiger partial charge in [0.25, 0.3) is 0 Å². The average Bonchev–Trinajstić information content (AvgIpc) is 1.98. The standard InChI is InChI=1S/C7H16O2P/c1-4-6-9-10(8)7(3)5-2/h7H,4-6H2,1-3H3/q+1. The molecule has 2 unspecified atom stereocenters. The van der Waals surface area contributed by atoms with E-state index >= 15 is 0 Å². The van der Waals surface area contributed by atoms with Gasteiger partial charge in [0.05, 0.1) is 0 Å². The van der Waals surface area contributed by atoms with Gasteiger partial charge in [-0.15, -0.1) is 4.52 Å². The van der Waals surface area contributed by atoms with Crippen LogP contribution in [0.15, 0.2) is 0 Å². The zero-order chi connectivity index (χ0) is 7.98. The van der Waals surface area contributed by atoms with Crippen molar-refractivity contribution in [3.63, 3.8) is 0 Å². The van der Waals surface area contributed by atoms with Gasteiger partial charge in [-0.1, -0.05) is 13.8 Å². The van der Waals surface area contributed by atoms with Gasteiger partial charge in [0.2, 0.25) is 0 Å². The van der Waals surface area contributed by atoms with E-state index in [1.807, 2.05) is 20.8 Å². The van der Waals surface area contributed by atoms with Crippen molar-refractivity contribution in [3.8, 4) is 0 Å². The maximum absolute atomic E-state index is 11.1. The molecule has 0 saturated heterocycles. The van der Waals surface area contributed by atoms with Crippen LogP contribution in [0.5, 0.6) is 0 Å². The van der Waals surface area contributed by atoms with Crippen LogP contribution in [0.1, 0.15) is 33.6 Å². The predicted octanol–water partition coefficient (Wildman–Crippen LogP) is 2.95. The van der Waals surface area contributed by atoms with E-state index in [1.54, 1.807) is 0 Å². The van der Waals surface area contributed by atoms with Crippen molar-refractivity contribution in [2.45, 2.75) is 39.3 Å². The SMILES string of the molecule is CCCO[P+](=O)C(C)CC. The van der Waals surface area contributed by atoms with Crippen LogP contribution in [-0.4, -0.2) is 12.3 Å². The second kappa shape index (κ2) is 5.82. The first kappa shape index (κ1) is 10.1. The number of hydrogen-bond acceptors (Lipinski definition) is 2. The van der Waals surface area contributed by atoms with Gasteiger partial charge in [0.15, 0.2) is 5.66 Å². The van der Waals surface area contributed by atoms with Crippen molar-refractivity contribution in [2.75, 3.05) is 6.61 Å². The maximum atomic E-state index is 11.1. The Bertz CT molecular complexity index is 104. The maximum Gasteiger partial charge on any atom is 0.510 e. The van der Waals surface area contributed by atoms with Crippen LogP contribution in [0, 0.1) is 0 Å². The molecular formula is C7H16O2P+. The lowest BCUT2D eigenvalue weighted by molar-refractivity contribution is 0.323. The van der Waals surface area contributed by atoms with E-state index in [4.69, 9.17) is 4.52 Å². The third-order valence-electron chi connectivity index (χ3n) is 1.37. The molecule has 0 heterocycles. The lowest BCUT2D eigenvalue weighted by Crippen LogP contribution is -1.95. The highest BCUT2D eigenvalue weighted by Crippen LogP contribution is 2.30. The van der Waals surface area contributed by atoms with E-state index in [1.165, 1.54) is 0 Å². The molecule has 3 heteroatoms. The van der Waals surface area contributed by atoms with Crippen molar-refractivity contribution in [1.82, 2.24) is 0 Å². The Labute approximate surface area is 63.8 Å². The molecule has 60 valence electrons. The smallest absolute Gasteiger partial charge is 0.146 e. The second-order valence-corrected chi connectivity index (χ2v) is 4.09. The first-order valence-electron chi connectivity index (χ1n) is 3.81. The van der Waals surface area contributed by atoms with Gasteiger partial charge >= 0.3 is 8.03 Å². The molecule has 10 heavy (non-hydrogen) atoms. The Morgan fingerprint density at radius 2 is 2.10 bits per heavy atom. The molecule has 0 aliphatic rings. The summed E-state index contributed by atoms with van der Waals surface area (Å²) in [6.45, 7) is 6.61. The van der Waals surface area contributed by atoms with Crippen molar-refractivity contribution in [1.29, 1.82) is 0 Å². The van der Waals surface area contributed by atoms with Gasteiger partial charge in [-0.25, -0.2) is 0 Å². The Balaban J connectivity index is 3.42. The van der Waals surface area contributed by atoms with Gasteiger partial charge in [-0.2, -0.15) is 0 Å². The molecule has 0 aromatic heterocycles. The monoisotopic (exact) mass is 163 g/mol. The summed E-state index contributed by atoms with van der Waals surface area (Å²) in [5.41, 5.74) is 0.210. The van der Waals surface area contributed by atoms with Crippen LogP contribution in [-0.2, 0) is 9.09 Å². The highest BCUT2D eigenvalue weighted by molar-refractivity contribution is 7.39. The molecule has 0 saturated carbocycles. The molecular weight excluding hydrogens is 147 g/mol. The largest absolute Gasteiger partial charge is 0.510 e. The molecule has 2 nitrogen and oxygen atoms in total. The Kier molecular flexibility index (Phi) is 5.85. The van der Waals surface area contributed by atoms with E-state index in [0.717, 1.165) is 12.8 Å². The van der Waals surface area contributed by atoms with Crippen LogP contribution in [0.2, 0.25) is 0 Å². The summed E-state index contributed by atoms with van der Waals surface area (Å²) in [5, 5.41) is 0. The van der Waals surface area contributed by atoms with Gasteiger partial charge in [0.1, 0.15) is 6.61 Å². The van der Waals surface area contributed by atoms with Gasteiger partial charge in [0, 0.05) is 0 Å². The molecule has 0 amide bonds. The van der Waals surface area contributed by atoms with Crippen molar-refractivity contribution < 1.29 is 9.09 Å². The summed E-state index contributed by atoms with van der Waals surface area (Å²) in [7, 11) is -1.40. The van der Waals surface area contributed by atoms with E-state index in [-0.39, 0.29) is 5.66 Å².